The minimum absolute atomic E-state index is 0.303. The second kappa shape index (κ2) is 8.78. The average molecular weight is 439 g/mol. The number of carbonyl (C=O) groups excluding carboxylic acids is 1. The summed E-state index contributed by atoms with van der Waals surface area (Å²) in [6, 6.07) is 17.9. The van der Waals surface area contributed by atoms with Crippen LogP contribution in [0.25, 0.3) is 0 Å². The number of halogens is 2. The number of nitrogens with zero attached hydrogens (tertiary/aromatic N) is 2. The van der Waals surface area contributed by atoms with E-state index in [1.54, 1.807) is 68.8 Å². The first-order valence-corrected chi connectivity index (χ1v) is 10.0. The van der Waals surface area contributed by atoms with Crippen LogP contribution in [0.3, 0.4) is 0 Å². The third-order valence-corrected chi connectivity index (χ3v) is 5.54. The standard InChI is InChI=1S/C24H20ClFN2O3/c1-30-15-11-12-18(23(13-15)31-2)21-14-22(17-8-4-6-10-20(17)26)28(27-21)24(29)16-7-3-5-9-19(16)25/h3-13,22H,14H2,1-2H3. The largest absolute Gasteiger partial charge is 0.497 e. The fraction of sp³-hybridized carbons (Fsp3) is 0.167. The lowest BCUT2D eigenvalue weighted by atomic mass is 9.97. The van der Waals surface area contributed by atoms with Crippen LogP contribution >= 0.6 is 11.6 Å². The van der Waals surface area contributed by atoms with E-state index in [4.69, 9.17) is 21.1 Å². The van der Waals surface area contributed by atoms with E-state index >= 15 is 0 Å². The number of amides is 1. The van der Waals surface area contributed by atoms with Gasteiger partial charge in [-0.05, 0) is 30.3 Å². The van der Waals surface area contributed by atoms with E-state index in [-0.39, 0.29) is 0 Å². The van der Waals surface area contributed by atoms with Gasteiger partial charge in [0.15, 0.2) is 0 Å². The first-order valence-electron chi connectivity index (χ1n) is 9.66. The lowest BCUT2D eigenvalue weighted by molar-refractivity contribution is 0.0709. The van der Waals surface area contributed by atoms with Gasteiger partial charge in [-0.3, -0.25) is 4.79 Å². The molecule has 0 saturated heterocycles. The predicted octanol–water partition coefficient (Wildman–Crippen LogP) is 5.49. The van der Waals surface area contributed by atoms with Crippen LogP contribution < -0.4 is 9.47 Å². The highest BCUT2D eigenvalue weighted by Gasteiger charge is 2.36. The van der Waals surface area contributed by atoms with E-state index in [2.05, 4.69) is 5.10 Å². The summed E-state index contributed by atoms with van der Waals surface area (Å²) in [4.78, 5) is 13.4. The molecule has 0 radical (unpaired) electrons. The van der Waals surface area contributed by atoms with Gasteiger partial charge in [-0.15, -0.1) is 0 Å². The first kappa shape index (κ1) is 20.9. The summed E-state index contributed by atoms with van der Waals surface area (Å²) in [5.74, 6) is 0.384. The molecular weight excluding hydrogens is 419 g/mol. The molecule has 0 aliphatic carbocycles. The van der Waals surface area contributed by atoms with Crippen molar-refractivity contribution in [3.63, 3.8) is 0 Å². The summed E-state index contributed by atoms with van der Waals surface area (Å²) in [6.07, 6.45) is 0.319. The van der Waals surface area contributed by atoms with Crippen molar-refractivity contribution in [1.82, 2.24) is 5.01 Å². The molecule has 0 aromatic heterocycles. The SMILES string of the molecule is COc1ccc(C2=NN(C(=O)c3ccccc3Cl)C(c3ccccc3F)C2)c(OC)c1. The van der Waals surface area contributed by atoms with Gasteiger partial charge in [0.25, 0.3) is 5.91 Å². The first-order chi connectivity index (χ1) is 15.0. The molecule has 1 aliphatic rings. The number of hydrogen-bond acceptors (Lipinski definition) is 4. The van der Waals surface area contributed by atoms with Crippen LogP contribution in [-0.2, 0) is 0 Å². The maximum Gasteiger partial charge on any atom is 0.276 e. The molecule has 7 heteroatoms. The molecule has 1 heterocycles. The van der Waals surface area contributed by atoms with Gasteiger partial charge >= 0.3 is 0 Å². The van der Waals surface area contributed by atoms with Crippen molar-refractivity contribution in [1.29, 1.82) is 0 Å². The maximum atomic E-state index is 14.7. The van der Waals surface area contributed by atoms with Crippen LogP contribution in [0, 0.1) is 5.82 Å². The van der Waals surface area contributed by atoms with Crippen molar-refractivity contribution in [3.05, 3.63) is 94.3 Å². The Bertz CT molecular complexity index is 1170. The zero-order chi connectivity index (χ0) is 22.0. The molecule has 3 aromatic carbocycles. The molecule has 1 atom stereocenters. The normalized spacial score (nSPS) is 15.5. The lowest BCUT2D eigenvalue weighted by Gasteiger charge is -2.22. The fourth-order valence-corrected chi connectivity index (χ4v) is 3.86. The van der Waals surface area contributed by atoms with Crippen LogP contribution in [0.5, 0.6) is 11.5 Å². The third-order valence-electron chi connectivity index (χ3n) is 5.21. The average Bonchev–Trinajstić information content (AvgIpc) is 3.23. The van der Waals surface area contributed by atoms with Gasteiger partial charge in [0.1, 0.15) is 17.3 Å². The van der Waals surface area contributed by atoms with Crippen LogP contribution in [-0.4, -0.2) is 30.8 Å². The zero-order valence-corrected chi connectivity index (χ0v) is 17.8. The molecule has 5 nitrogen and oxygen atoms in total. The Morgan fingerprint density at radius 3 is 2.52 bits per heavy atom. The Kier molecular flexibility index (Phi) is 5.91. The van der Waals surface area contributed by atoms with Crippen molar-refractivity contribution in [2.75, 3.05) is 14.2 Å². The van der Waals surface area contributed by atoms with Crippen LogP contribution in [0.1, 0.15) is 33.9 Å². The van der Waals surface area contributed by atoms with Crippen molar-refractivity contribution in [2.45, 2.75) is 12.5 Å². The predicted molar refractivity (Wildman–Crippen MR) is 117 cm³/mol. The molecule has 0 spiro atoms. The molecule has 0 fully saturated rings. The highest BCUT2D eigenvalue weighted by molar-refractivity contribution is 6.33. The van der Waals surface area contributed by atoms with E-state index in [0.717, 1.165) is 0 Å². The number of hydrazone groups is 1. The van der Waals surface area contributed by atoms with E-state index in [9.17, 15) is 9.18 Å². The van der Waals surface area contributed by atoms with E-state index < -0.39 is 17.8 Å². The molecule has 0 saturated carbocycles. The van der Waals surface area contributed by atoms with Gasteiger partial charge in [-0.25, -0.2) is 9.40 Å². The Morgan fingerprint density at radius 2 is 1.81 bits per heavy atom. The number of carbonyl (C=O) groups is 1. The summed E-state index contributed by atoms with van der Waals surface area (Å²) in [5, 5.41) is 6.21. The van der Waals surface area contributed by atoms with Gasteiger partial charge in [0, 0.05) is 23.6 Å². The number of rotatable bonds is 5. The number of hydrogen-bond donors (Lipinski definition) is 0. The van der Waals surface area contributed by atoms with Crippen LogP contribution in [0.15, 0.2) is 71.8 Å². The highest BCUT2D eigenvalue weighted by atomic mass is 35.5. The smallest absolute Gasteiger partial charge is 0.276 e. The second-order valence-corrected chi connectivity index (χ2v) is 7.39. The summed E-state index contributed by atoms with van der Waals surface area (Å²) in [7, 11) is 3.12. The molecule has 3 aromatic rings. The van der Waals surface area contributed by atoms with Gasteiger partial charge in [-0.1, -0.05) is 41.9 Å². The summed E-state index contributed by atoms with van der Waals surface area (Å²) in [5.41, 5.74) is 2.00. The van der Waals surface area contributed by atoms with Gasteiger partial charge < -0.3 is 9.47 Å². The Balaban J connectivity index is 1.80. The summed E-state index contributed by atoms with van der Waals surface area (Å²) >= 11 is 6.25. The topological polar surface area (TPSA) is 51.1 Å². The molecule has 1 aliphatic heterocycles. The fourth-order valence-electron chi connectivity index (χ4n) is 3.64. The number of benzene rings is 3. The Morgan fingerprint density at radius 1 is 1.06 bits per heavy atom. The quantitative estimate of drug-likeness (QED) is 0.529. The zero-order valence-electron chi connectivity index (χ0n) is 17.0. The van der Waals surface area contributed by atoms with Gasteiger partial charge in [0.05, 0.1) is 36.6 Å². The lowest BCUT2D eigenvalue weighted by Crippen LogP contribution is -2.27. The molecule has 0 bridgehead atoms. The third kappa shape index (κ3) is 3.99. The van der Waals surface area contributed by atoms with E-state index in [0.29, 0.717) is 45.3 Å². The van der Waals surface area contributed by atoms with Crippen molar-refractivity contribution < 1.29 is 18.7 Å². The molecular formula is C24H20ClFN2O3. The van der Waals surface area contributed by atoms with Crippen molar-refractivity contribution >= 4 is 23.2 Å². The highest BCUT2D eigenvalue weighted by Crippen LogP contribution is 2.38. The van der Waals surface area contributed by atoms with Crippen LogP contribution in [0.2, 0.25) is 5.02 Å². The summed E-state index contributed by atoms with van der Waals surface area (Å²) < 4.78 is 25.4. The molecule has 1 unspecified atom stereocenters. The maximum absolute atomic E-state index is 14.7. The van der Waals surface area contributed by atoms with E-state index in [1.807, 2.05) is 6.07 Å². The van der Waals surface area contributed by atoms with E-state index in [1.165, 1.54) is 11.1 Å². The second-order valence-electron chi connectivity index (χ2n) is 6.98. The van der Waals surface area contributed by atoms with Gasteiger partial charge in [0.2, 0.25) is 0 Å². The monoisotopic (exact) mass is 438 g/mol. The summed E-state index contributed by atoms with van der Waals surface area (Å²) in [6.45, 7) is 0. The molecule has 0 N–H and O–H groups in total. The molecule has 158 valence electrons. The minimum Gasteiger partial charge on any atom is -0.497 e. The van der Waals surface area contributed by atoms with Gasteiger partial charge in [-0.2, -0.15) is 5.10 Å². The number of methoxy groups -OCH3 is 2. The van der Waals surface area contributed by atoms with Crippen molar-refractivity contribution in [2.24, 2.45) is 5.10 Å². The van der Waals surface area contributed by atoms with Crippen LogP contribution in [0.4, 0.5) is 4.39 Å². The number of ether oxygens (including phenoxy) is 2. The Labute approximate surface area is 184 Å². The van der Waals surface area contributed by atoms with Crippen molar-refractivity contribution in [3.8, 4) is 11.5 Å². The molecule has 31 heavy (non-hydrogen) atoms. The molecule has 4 rings (SSSR count). The minimum atomic E-state index is -0.619. The molecule has 1 amide bonds. The Hall–Kier alpha value is -3.38.